The summed E-state index contributed by atoms with van der Waals surface area (Å²) in [5.74, 6) is 6.61. The minimum Gasteiger partial charge on any atom is -0.340 e. The van der Waals surface area contributed by atoms with Crippen LogP contribution in [0, 0.1) is 11.8 Å². The van der Waals surface area contributed by atoms with Crippen molar-refractivity contribution in [1.82, 2.24) is 29.0 Å². The number of piperazine rings is 1. The zero-order chi connectivity index (χ0) is 20.4. The van der Waals surface area contributed by atoms with Crippen molar-refractivity contribution in [2.24, 2.45) is 7.05 Å². The minimum absolute atomic E-state index is 0.178. The van der Waals surface area contributed by atoms with Crippen LogP contribution in [-0.4, -0.2) is 49.8 Å². The van der Waals surface area contributed by atoms with Crippen LogP contribution in [0.1, 0.15) is 12.5 Å². The van der Waals surface area contributed by atoms with Crippen LogP contribution in [0.15, 0.2) is 34.1 Å². The number of fused-ring (bicyclic) bond motifs is 1. The third-order valence-electron chi connectivity index (χ3n) is 5.12. The number of imidazole rings is 1. The Bertz CT molecular complexity index is 1210. The summed E-state index contributed by atoms with van der Waals surface area (Å²) in [6, 6.07) is 3.59. The van der Waals surface area contributed by atoms with Gasteiger partial charge in [0.2, 0.25) is 5.95 Å². The second kappa shape index (κ2) is 7.93. The highest BCUT2D eigenvalue weighted by Crippen LogP contribution is 2.20. The number of aryl methyl sites for hydroxylation is 1. The first-order chi connectivity index (χ1) is 14.1. The first-order valence-corrected chi connectivity index (χ1v) is 9.56. The average molecular weight is 393 g/mol. The molecule has 1 fully saturated rings. The molecular weight excluding hydrogens is 370 g/mol. The van der Waals surface area contributed by atoms with E-state index in [1.807, 2.05) is 4.57 Å². The molecule has 0 atom stereocenters. The Morgan fingerprint density at radius 1 is 1.14 bits per heavy atom. The number of anilines is 1. The molecule has 9 nitrogen and oxygen atoms in total. The van der Waals surface area contributed by atoms with E-state index >= 15 is 0 Å². The van der Waals surface area contributed by atoms with Crippen LogP contribution in [0.5, 0.6) is 0 Å². The van der Waals surface area contributed by atoms with Crippen molar-refractivity contribution in [3.8, 4) is 11.8 Å². The Morgan fingerprint density at radius 2 is 1.86 bits per heavy atom. The normalized spacial score (nSPS) is 14.1. The molecule has 0 amide bonds. The summed E-state index contributed by atoms with van der Waals surface area (Å²) in [7, 11) is 1.65. The molecule has 1 saturated heterocycles. The van der Waals surface area contributed by atoms with Crippen LogP contribution in [0.25, 0.3) is 11.2 Å². The molecule has 3 aromatic rings. The van der Waals surface area contributed by atoms with Gasteiger partial charge in [0.15, 0.2) is 11.2 Å². The molecule has 1 N–H and O–H groups in total. The fourth-order valence-electron chi connectivity index (χ4n) is 3.58. The molecule has 0 saturated carbocycles. The summed E-state index contributed by atoms with van der Waals surface area (Å²) in [6.07, 6.45) is 3.29. The predicted molar refractivity (Wildman–Crippen MR) is 111 cm³/mol. The minimum atomic E-state index is -0.391. The largest absolute Gasteiger partial charge is 0.340 e. The Hall–Kier alpha value is -3.38. The number of aromatic nitrogens is 5. The molecule has 9 heteroatoms. The molecule has 3 aromatic heterocycles. The van der Waals surface area contributed by atoms with Crippen LogP contribution < -0.4 is 21.5 Å². The second-order valence-corrected chi connectivity index (χ2v) is 6.92. The van der Waals surface area contributed by atoms with Gasteiger partial charge in [-0.25, -0.2) is 4.79 Å². The van der Waals surface area contributed by atoms with E-state index in [2.05, 4.69) is 27.0 Å². The van der Waals surface area contributed by atoms with E-state index in [4.69, 9.17) is 4.98 Å². The van der Waals surface area contributed by atoms with Gasteiger partial charge in [-0.05, 0) is 24.6 Å². The first-order valence-electron chi connectivity index (χ1n) is 9.56. The monoisotopic (exact) mass is 393 g/mol. The molecule has 0 radical (unpaired) electrons. The topological polar surface area (TPSA) is 90.0 Å². The van der Waals surface area contributed by atoms with Gasteiger partial charge < -0.3 is 10.2 Å². The lowest BCUT2D eigenvalue weighted by atomic mass is 10.2. The zero-order valence-electron chi connectivity index (χ0n) is 16.6. The van der Waals surface area contributed by atoms with Gasteiger partial charge in [0.25, 0.3) is 5.56 Å². The molecular formula is C20H23N7O2. The summed E-state index contributed by atoms with van der Waals surface area (Å²) in [5, 5.41) is 3.32. The third-order valence-corrected chi connectivity index (χ3v) is 5.12. The standard InChI is InChI=1S/C20H23N7O2/c1-3-4-11-26-16-17(23-19(26)25-12-9-22-10-13-25)24(2)20(29)27(18(16)28)14-15-5-7-21-8-6-15/h5-8,22H,9-14H2,1-2H3. The molecule has 4 rings (SSSR count). The van der Waals surface area contributed by atoms with E-state index < -0.39 is 5.69 Å². The molecule has 150 valence electrons. The Balaban J connectivity index is 1.94. The van der Waals surface area contributed by atoms with E-state index in [1.165, 1.54) is 9.13 Å². The van der Waals surface area contributed by atoms with Gasteiger partial charge in [-0.15, -0.1) is 5.92 Å². The summed E-state index contributed by atoms with van der Waals surface area (Å²) < 4.78 is 4.53. The second-order valence-electron chi connectivity index (χ2n) is 6.92. The fourth-order valence-corrected chi connectivity index (χ4v) is 3.58. The molecule has 1 aliphatic heterocycles. The molecule has 0 unspecified atom stereocenters. The number of rotatable bonds is 4. The van der Waals surface area contributed by atoms with Crippen molar-refractivity contribution in [3.05, 3.63) is 50.9 Å². The van der Waals surface area contributed by atoms with Crippen molar-refractivity contribution < 1.29 is 0 Å². The summed E-state index contributed by atoms with van der Waals surface area (Å²) in [4.78, 5) is 37.1. The number of hydrogen-bond acceptors (Lipinski definition) is 6. The fraction of sp³-hybridized carbons (Fsp3) is 0.400. The SMILES string of the molecule is CC#CCn1c(N2CCNCC2)nc2c1c(=O)n(Cc1ccncc1)c(=O)n2C. The predicted octanol–water partition coefficient (Wildman–Crippen LogP) is -0.227. The smallest absolute Gasteiger partial charge is 0.332 e. The Labute approximate surface area is 167 Å². The molecule has 1 aliphatic rings. The van der Waals surface area contributed by atoms with Crippen LogP contribution in [-0.2, 0) is 20.1 Å². The van der Waals surface area contributed by atoms with E-state index in [-0.39, 0.29) is 12.1 Å². The first kappa shape index (κ1) is 19.0. The summed E-state index contributed by atoms with van der Waals surface area (Å²) in [6.45, 7) is 5.53. The van der Waals surface area contributed by atoms with Crippen LogP contribution in [0.2, 0.25) is 0 Å². The lowest BCUT2D eigenvalue weighted by Gasteiger charge is -2.28. The summed E-state index contributed by atoms with van der Waals surface area (Å²) in [5.41, 5.74) is 0.874. The molecule has 0 bridgehead atoms. The zero-order valence-corrected chi connectivity index (χ0v) is 16.6. The van der Waals surface area contributed by atoms with Crippen molar-refractivity contribution in [2.75, 3.05) is 31.1 Å². The van der Waals surface area contributed by atoms with E-state index in [1.54, 1.807) is 38.5 Å². The molecule has 0 spiro atoms. The van der Waals surface area contributed by atoms with Gasteiger partial charge in [-0.2, -0.15) is 4.98 Å². The number of nitrogens with one attached hydrogen (secondary N) is 1. The maximum atomic E-state index is 13.4. The molecule has 29 heavy (non-hydrogen) atoms. The van der Waals surface area contributed by atoms with Crippen molar-refractivity contribution in [3.63, 3.8) is 0 Å². The summed E-state index contributed by atoms with van der Waals surface area (Å²) >= 11 is 0. The van der Waals surface area contributed by atoms with Gasteiger partial charge in [0.05, 0.1) is 13.1 Å². The van der Waals surface area contributed by atoms with Gasteiger partial charge in [-0.1, -0.05) is 5.92 Å². The van der Waals surface area contributed by atoms with Crippen LogP contribution in [0.4, 0.5) is 5.95 Å². The Kier molecular flexibility index (Phi) is 5.18. The van der Waals surface area contributed by atoms with Crippen molar-refractivity contribution in [1.29, 1.82) is 0 Å². The maximum Gasteiger partial charge on any atom is 0.332 e. The van der Waals surface area contributed by atoms with Crippen molar-refractivity contribution in [2.45, 2.75) is 20.0 Å². The highest BCUT2D eigenvalue weighted by atomic mass is 16.2. The van der Waals surface area contributed by atoms with Gasteiger partial charge in [0, 0.05) is 45.6 Å². The number of pyridine rings is 1. The average Bonchev–Trinajstić information content (AvgIpc) is 3.15. The highest BCUT2D eigenvalue weighted by Gasteiger charge is 2.24. The third kappa shape index (κ3) is 3.43. The Morgan fingerprint density at radius 3 is 2.55 bits per heavy atom. The highest BCUT2D eigenvalue weighted by molar-refractivity contribution is 5.75. The number of hydrogen-bond donors (Lipinski definition) is 1. The lowest BCUT2D eigenvalue weighted by molar-refractivity contribution is 0.572. The molecule has 0 aliphatic carbocycles. The van der Waals surface area contributed by atoms with Gasteiger partial charge in [-0.3, -0.25) is 23.5 Å². The number of nitrogens with zero attached hydrogens (tertiary/aromatic N) is 6. The van der Waals surface area contributed by atoms with Gasteiger partial charge in [0.1, 0.15) is 0 Å². The molecule has 4 heterocycles. The van der Waals surface area contributed by atoms with Crippen LogP contribution in [0.3, 0.4) is 0 Å². The lowest BCUT2D eigenvalue weighted by Crippen LogP contribution is -2.44. The van der Waals surface area contributed by atoms with Crippen molar-refractivity contribution >= 4 is 17.1 Å². The quantitative estimate of drug-likeness (QED) is 0.616. The molecule has 0 aromatic carbocycles. The van der Waals surface area contributed by atoms with Gasteiger partial charge >= 0.3 is 5.69 Å². The van der Waals surface area contributed by atoms with E-state index in [0.717, 1.165) is 31.7 Å². The van der Waals surface area contributed by atoms with E-state index in [9.17, 15) is 9.59 Å². The maximum absolute atomic E-state index is 13.4. The van der Waals surface area contributed by atoms with E-state index in [0.29, 0.717) is 23.7 Å². The van der Waals surface area contributed by atoms with Crippen LogP contribution >= 0.6 is 0 Å².